The van der Waals surface area contributed by atoms with Gasteiger partial charge in [0.1, 0.15) is 12.4 Å². The van der Waals surface area contributed by atoms with Crippen LogP contribution in [0.1, 0.15) is 38.2 Å². The van der Waals surface area contributed by atoms with Crippen LogP contribution in [-0.2, 0) is 0 Å². The zero-order valence-corrected chi connectivity index (χ0v) is 12.0. The number of nitrogens with zero attached hydrogens (tertiary/aromatic N) is 1. The van der Waals surface area contributed by atoms with E-state index in [1.165, 1.54) is 37.1 Å². The predicted octanol–water partition coefficient (Wildman–Crippen LogP) is 3.97. The smallest absolute Gasteiger partial charge is 0.119 e. The number of hydrogen-bond acceptors (Lipinski definition) is 2. The van der Waals surface area contributed by atoms with Crippen LogP contribution in [0.25, 0.3) is 5.57 Å². The van der Waals surface area contributed by atoms with Gasteiger partial charge < -0.3 is 4.74 Å². The fourth-order valence-corrected chi connectivity index (χ4v) is 2.55. The van der Waals surface area contributed by atoms with Gasteiger partial charge in [-0.05, 0) is 55.6 Å². The van der Waals surface area contributed by atoms with Crippen LogP contribution in [-0.4, -0.2) is 31.1 Å². The van der Waals surface area contributed by atoms with Crippen molar-refractivity contribution in [2.75, 3.05) is 26.2 Å². The third-order valence-corrected chi connectivity index (χ3v) is 3.67. The lowest BCUT2D eigenvalue weighted by Gasteiger charge is -2.15. The van der Waals surface area contributed by atoms with Crippen LogP contribution in [0.4, 0.5) is 0 Å². The lowest BCUT2D eigenvalue weighted by Crippen LogP contribution is -2.25. The topological polar surface area (TPSA) is 12.5 Å². The summed E-state index contributed by atoms with van der Waals surface area (Å²) < 4.78 is 5.85. The molecule has 104 valence electrons. The van der Waals surface area contributed by atoms with Gasteiger partial charge in [0.25, 0.3) is 0 Å². The average molecular weight is 259 g/mol. The molecule has 19 heavy (non-hydrogen) atoms. The van der Waals surface area contributed by atoms with E-state index in [9.17, 15) is 0 Å². The van der Waals surface area contributed by atoms with Crippen molar-refractivity contribution in [3.8, 4) is 5.75 Å². The molecule has 1 saturated heterocycles. The Hall–Kier alpha value is -1.28. The first kappa shape index (κ1) is 14.1. The van der Waals surface area contributed by atoms with Gasteiger partial charge in [-0.15, -0.1) is 0 Å². The standard InChI is InChI=1S/C17H25NO/c1-3-7-15(2)16-8-6-9-17(14-16)19-13-12-18-10-4-5-11-18/h6,8-9,14H,2-5,7,10-13H2,1H3. The molecule has 1 aliphatic rings. The van der Waals surface area contributed by atoms with E-state index in [-0.39, 0.29) is 0 Å². The summed E-state index contributed by atoms with van der Waals surface area (Å²) in [4.78, 5) is 2.47. The molecule has 0 unspecified atom stereocenters. The number of allylic oxidation sites excluding steroid dienone is 1. The summed E-state index contributed by atoms with van der Waals surface area (Å²) in [7, 11) is 0. The van der Waals surface area contributed by atoms with Gasteiger partial charge in [0, 0.05) is 6.54 Å². The maximum absolute atomic E-state index is 5.85. The quantitative estimate of drug-likeness (QED) is 0.734. The van der Waals surface area contributed by atoms with E-state index >= 15 is 0 Å². The summed E-state index contributed by atoms with van der Waals surface area (Å²) in [6.07, 6.45) is 4.87. The van der Waals surface area contributed by atoms with Crippen LogP contribution in [0, 0.1) is 0 Å². The second kappa shape index (κ2) is 7.34. The second-order valence-electron chi connectivity index (χ2n) is 5.28. The molecule has 1 aromatic carbocycles. The van der Waals surface area contributed by atoms with E-state index in [4.69, 9.17) is 4.74 Å². The molecule has 0 aliphatic carbocycles. The fourth-order valence-electron chi connectivity index (χ4n) is 2.55. The third-order valence-electron chi connectivity index (χ3n) is 3.67. The fraction of sp³-hybridized carbons (Fsp3) is 0.529. The molecular weight excluding hydrogens is 234 g/mol. The van der Waals surface area contributed by atoms with Gasteiger partial charge in [-0.3, -0.25) is 4.90 Å². The minimum absolute atomic E-state index is 0.781. The lowest BCUT2D eigenvalue weighted by molar-refractivity contribution is 0.238. The van der Waals surface area contributed by atoms with Crippen molar-refractivity contribution < 1.29 is 4.74 Å². The van der Waals surface area contributed by atoms with Crippen LogP contribution in [0.2, 0.25) is 0 Å². The Morgan fingerprint density at radius 3 is 2.84 bits per heavy atom. The molecule has 0 amide bonds. The monoisotopic (exact) mass is 259 g/mol. The van der Waals surface area contributed by atoms with E-state index in [2.05, 4.69) is 36.6 Å². The highest BCUT2D eigenvalue weighted by atomic mass is 16.5. The Balaban J connectivity index is 1.82. The van der Waals surface area contributed by atoms with Crippen LogP contribution in [0.3, 0.4) is 0 Å². The Bertz CT molecular complexity index is 407. The molecule has 0 atom stereocenters. The maximum atomic E-state index is 5.85. The highest BCUT2D eigenvalue weighted by molar-refractivity contribution is 5.64. The van der Waals surface area contributed by atoms with Crippen molar-refractivity contribution in [1.29, 1.82) is 0 Å². The number of benzene rings is 1. The average Bonchev–Trinajstić information content (AvgIpc) is 2.93. The second-order valence-corrected chi connectivity index (χ2v) is 5.28. The predicted molar refractivity (Wildman–Crippen MR) is 81.6 cm³/mol. The number of hydrogen-bond donors (Lipinski definition) is 0. The molecule has 1 heterocycles. The maximum Gasteiger partial charge on any atom is 0.119 e. The van der Waals surface area contributed by atoms with Crippen LogP contribution < -0.4 is 4.74 Å². The van der Waals surface area contributed by atoms with E-state index < -0.39 is 0 Å². The van der Waals surface area contributed by atoms with Gasteiger partial charge in [-0.1, -0.05) is 32.1 Å². The van der Waals surface area contributed by atoms with E-state index in [0.29, 0.717) is 0 Å². The van der Waals surface area contributed by atoms with Crippen molar-refractivity contribution >= 4 is 5.57 Å². The molecule has 0 N–H and O–H groups in total. The minimum atomic E-state index is 0.781. The normalized spacial score (nSPS) is 15.6. The van der Waals surface area contributed by atoms with E-state index in [1.54, 1.807) is 0 Å². The summed E-state index contributed by atoms with van der Waals surface area (Å²) >= 11 is 0. The Morgan fingerprint density at radius 2 is 2.11 bits per heavy atom. The van der Waals surface area contributed by atoms with E-state index in [0.717, 1.165) is 31.7 Å². The van der Waals surface area contributed by atoms with Gasteiger partial charge in [0.15, 0.2) is 0 Å². The molecule has 0 radical (unpaired) electrons. The molecule has 1 aromatic rings. The first-order valence-corrected chi connectivity index (χ1v) is 7.43. The summed E-state index contributed by atoms with van der Waals surface area (Å²) in [6.45, 7) is 10.6. The molecular formula is C17H25NO. The molecule has 1 aliphatic heterocycles. The van der Waals surface area contributed by atoms with Gasteiger partial charge in [0.05, 0.1) is 0 Å². The molecule has 0 bridgehead atoms. The van der Waals surface area contributed by atoms with Crippen molar-refractivity contribution in [3.63, 3.8) is 0 Å². The van der Waals surface area contributed by atoms with Crippen molar-refractivity contribution in [2.45, 2.75) is 32.6 Å². The Kier molecular flexibility index (Phi) is 5.46. The summed E-state index contributed by atoms with van der Waals surface area (Å²) in [5, 5.41) is 0. The summed E-state index contributed by atoms with van der Waals surface area (Å²) in [6, 6.07) is 8.32. The Labute approximate surface area is 117 Å². The van der Waals surface area contributed by atoms with Gasteiger partial charge in [-0.25, -0.2) is 0 Å². The number of ether oxygens (including phenoxy) is 1. The highest BCUT2D eigenvalue weighted by Gasteiger charge is 2.10. The molecule has 2 heteroatoms. The van der Waals surface area contributed by atoms with Crippen LogP contribution in [0.5, 0.6) is 5.75 Å². The molecule has 0 spiro atoms. The zero-order valence-electron chi connectivity index (χ0n) is 12.0. The largest absolute Gasteiger partial charge is 0.492 e. The lowest BCUT2D eigenvalue weighted by atomic mass is 10.0. The SMILES string of the molecule is C=C(CCC)c1cccc(OCCN2CCCC2)c1. The molecule has 2 rings (SSSR count). The minimum Gasteiger partial charge on any atom is -0.492 e. The van der Waals surface area contributed by atoms with Gasteiger partial charge >= 0.3 is 0 Å². The number of rotatable bonds is 7. The van der Waals surface area contributed by atoms with E-state index in [1.807, 2.05) is 6.07 Å². The third kappa shape index (κ3) is 4.39. The highest BCUT2D eigenvalue weighted by Crippen LogP contribution is 2.22. The van der Waals surface area contributed by atoms with Gasteiger partial charge in [0.2, 0.25) is 0 Å². The summed E-state index contributed by atoms with van der Waals surface area (Å²) in [5.74, 6) is 0.967. The molecule has 0 saturated carbocycles. The van der Waals surface area contributed by atoms with Crippen molar-refractivity contribution in [1.82, 2.24) is 4.90 Å². The first-order valence-electron chi connectivity index (χ1n) is 7.43. The van der Waals surface area contributed by atoms with Crippen LogP contribution in [0.15, 0.2) is 30.8 Å². The number of likely N-dealkylation sites (tertiary alicyclic amines) is 1. The molecule has 0 aromatic heterocycles. The Morgan fingerprint density at radius 1 is 1.32 bits per heavy atom. The van der Waals surface area contributed by atoms with Crippen LogP contribution >= 0.6 is 0 Å². The van der Waals surface area contributed by atoms with Crippen molar-refractivity contribution in [2.24, 2.45) is 0 Å². The van der Waals surface area contributed by atoms with Crippen molar-refractivity contribution in [3.05, 3.63) is 36.4 Å². The first-order chi connectivity index (χ1) is 9.29. The molecule has 1 fully saturated rings. The zero-order chi connectivity index (χ0) is 13.5. The molecule has 2 nitrogen and oxygen atoms in total. The van der Waals surface area contributed by atoms with Gasteiger partial charge in [-0.2, -0.15) is 0 Å². The summed E-state index contributed by atoms with van der Waals surface area (Å²) in [5.41, 5.74) is 2.41.